The lowest BCUT2D eigenvalue weighted by Crippen LogP contribution is -2.39. The number of hydrogen-bond acceptors (Lipinski definition) is 5. The first-order valence-corrected chi connectivity index (χ1v) is 10.0. The van der Waals surface area contributed by atoms with Crippen molar-refractivity contribution in [3.8, 4) is 11.5 Å². The summed E-state index contributed by atoms with van der Waals surface area (Å²) in [7, 11) is 3.11. The van der Waals surface area contributed by atoms with Gasteiger partial charge in [-0.15, -0.1) is 0 Å². The lowest BCUT2D eigenvalue weighted by molar-refractivity contribution is 0.102. The van der Waals surface area contributed by atoms with Crippen LogP contribution < -0.4 is 25.4 Å². The minimum absolute atomic E-state index is 0.243. The van der Waals surface area contributed by atoms with Gasteiger partial charge in [0.05, 0.1) is 25.6 Å². The first-order valence-electron chi connectivity index (χ1n) is 10.0. The Hall–Kier alpha value is -2.89. The maximum atomic E-state index is 12.8. The summed E-state index contributed by atoms with van der Waals surface area (Å²) in [6.45, 7) is 8.66. The number of carbonyl (C=O) groups excluding carboxylic acids is 1. The van der Waals surface area contributed by atoms with Crippen LogP contribution in [0.2, 0.25) is 0 Å². The Morgan fingerprint density at radius 1 is 1.07 bits per heavy atom. The maximum Gasteiger partial charge on any atom is 0.255 e. The average Bonchev–Trinajstić information content (AvgIpc) is 2.68. The van der Waals surface area contributed by atoms with Gasteiger partial charge in [0.25, 0.3) is 5.91 Å². The Morgan fingerprint density at radius 3 is 2.34 bits per heavy atom. The van der Waals surface area contributed by atoms with E-state index in [1.54, 1.807) is 32.4 Å². The van der Waals surface area contributed by atoms with Gasteiger partial charge in [-0.2, -0.15) is 0 Å². The molecule has 3 N–H and O–H groups in total. The molecule has 29 heavy (non-hydrogen) atoms. The lowest BCUT2D eigenvalue weighted by atomic mass is 9.91. The second kappa shape index (κ2) is 8.64. The molecule has 2 aromatic rings. The number of nitrogens with one attached hydrogen (secondary N) is 1. The lowest BCUT2D eigenvalue weighted by Gasteiger charge is -2.37. The summed E-state index contributed by atoms with van der Waals surface area (Å²) < 4.78 is 10.5. The molecule has 1 saturated heterocycles. The molecule has 6 nitrogen and oxygen atoms in total. The molecule has 1 aliphatic heterocycles. The van der Waals surface area contributed by atoms with Crippen LogP contribution in [0.3, 0.4) is 0 Å². The van der Waals surface area contributed by atoms with E-state index < -0.39 is 0 Å². The Kier molecular flexibility index (Phi) is 6.20. The van der Waals surface area contributed by atoms with E-state index in [0.29, 0.717) is 40.3 Å². The van der Waals surface area contributed by atoms with E-state index in [1.165, 1.54) is 6.42 Å². The molecule has 0 saturated carbocycles. The molecule has 0 unspecified atom stereocenters. The molecule has 2 aromatic carbocycles. The molecule has 2 atom stereocenters. The highest BCUT2D eigenvalue weighted by atomic mass is 16.5. The Morgan fingerprint density at radius 2 is 1.72 bits per heavy atom. The Labute approximate surface area is 173 Å². The summed E-state index contributed by atoms with van der Waals surface area (Å²) in [4.78, 5) is 15.2. The van der Waals surface area contributed by atoms with Gasteiger partial charge in [-0.1, -0.05) is 13.8 Å². The number of piperidine rings is 1. The SMILES string of the molecule is COc1ccc(C(=O)Nc2cc(N3C[C@H](C)C[C@@H](C)C3)c(C)cc2N)cc1OC. The smallest absolute Gasteiger partial charge is 0.255 e. The minimum atomic E-state index is -0.243. The maximum absolute atomic E-state index is 12.8. The van der Waals surface area contributed by atoms with Gasteiger partial charge < -0.3 is 25.4 Å². The van der Waals surface area contributed by atoms with Gasteiger partial charge in [0.15, 0.2) is 11.5 Å². The third-order valence-corrected chi connectivity index (χ3v) is 5.47. The normalized spacial score (nSPS) is 19.0. The summed E-state index contributed by atoms with van der Waals surface area (Å²) in [5.41, 5.74) is 10.1. The van der Waals surface area contributed by atoms with Crippen LogP contribution in [0.15, 0.2) is 30.3 Å². The highest BCUT2D eigenvalue weighted by molar-refractivity contribution is 6.06. The second-order valence-electron chi connectivity index (χ2n) is 8.10. The van der Waals surface area contributed by atoms with Crippen molar-refractivity contribution in [2.75, 3.05) is 43.3 Å². The van der Waals surface area contributed by atoms with E-state index in [9.17, 15) is 4.79 Å². The molecule has 156 valence electrons. The average molecular weight is 398 g/mol. The number of amides is 1. The molecular formula is C23H31N3O3. The van der Waals surface area contributed by atoms with E-state index in [1.807, 2.05) is 12.1 Å². The summed E-state index contributed by atoms with van der Waals surface area (Å²) in [6.07, 6.45) is 1.24. The third kappa shape index (κ3) is 4.58. The van der Waals surface area contributed by atoms with Crippen LogP contribution in [0, 0.1) is 18.8 Å². The highest BCUT2D eigenvalue weighted by Gasteiger charge is 2.24. The Bertz CT molecular complexity index is 887. The van der Waals surface area contributed by atoms with Crippen LogP contribution in [0.4, 0.5) is 17.1 Å². The zero-order valence-electron chi connectivity index (χ0n) is 17.9. The molecule has 1 aliphatic rings. The van der Waals surface area contributed by atoms with E-state index in [2.05, 4.69) is 31.0 Å². The molecule has 0 spiro atoms. The summed E-state index contributed by atoms with van der Waals surface area (Å²) in [6, 6.07) is 9.01. The zero-order chi connectivity index (χ0) is 21.1. The number of methoxy groups -OCH3 is 2. The van der Waals surface area contributed by atoms with Gasteiger partial charge in [0.2, 0.25) is 0 Å². The van der Waals surface area contributed by atoms with Gasteiger partial charge in [0, 0.05) is 24.3 Å². The molecule has 0 aromatic heterocycles. The highest BCUT2D eigenvalue weighted by Crippen LogP contribution is 2.34. The number of rotatable bonds is 5. The minimum Gasteiger partial charge on any atom is -0.493 e. The van der Waals surface area contributed by atoms with Crippen LogP contribution in [0.5, 0.6) is 11.5 Å². The number of nitrogens with two attached hydrogens (primary N) is 1. The molecular weight excluding hydrogens is 366 g/mol. The van der Waals surface area contributed by atoms with Crippen LogP contribution >= 0.6 is 0 Å². The topological polar surface area (TPSA) is 76.8 Å². The predicted octanol–water partition coefficient (Wildman–Crippen LogP) is 4.33. The molecule has 0 bridgehead atoms. The van der Waals surface area contributed by atoms with E-state index in [-0.39, 0.29) is 5.91 Å². The number of nitrogen functional groups attached to an aromatic ring is 1. The van der Waals surface area contributed by atoms with Crippen molar-refractivity contribution in [1.82, 2.24) is 0 Å². The van der Waals surface area contributed by atoms with Gasteiger partial charge in [-0.05, 0) is 61.1 Å². The number of hydrogen-bond donors (Lipinski definition) is 2. The summed E-state index contributed by atoms with van der Waals surface area (Å²) in [5, 5.41) is 2.96. The molecule has 3 rings (SSSR count). The van der Waals surface area contributed by atoms with Crippen molar-refractivity contribution in [2.24, 2.45) is 11.8 Å². The molecule has 1 amide bonds. The molecule has 1 fully saturated rings. The van der Waals surface area contributed by atoms with Crippen molar-refractivity contribution < 1.29 is 14.3 Å². The number of aryl methyl sites for hydroxylation is 1. The molecule has 6 heteroatoms. The number of anilines is 3. The van der Waals surface area contributed by atoms with Crippen LogP contribution in [0.25, 0.3) is 0 Å². The van der Waals surface area contributed by atoms with Crippen molar-refractivity contribution >= 4 is 23.0 Å². The fourth-order valence-electron chi connectivity index (χ4n) is 4.20. The quantitative estimate of drug-likeness (QED) is 0.735. The van der Waals surface area contributed by atoms with Gasteiger partial charge in [0.1, 0.15) is 0 Å². The number of carbonyl (C=O) groups is 1. The second-order valence-corrected chi connectivity index (χ2v) is 8.10. The first-order chi connectivity index (χ1) is 13.8. The van der Waals surface area contributed by atoms with Crippen molar-refractivity contribution in [3.05, 3.63) is 41.5 Å². The molecule has 0 radical (unpaired) electrons. The fourth-order valence-corrected chi connectivity index (χ4v) is 4.20. The monoisotopic (exact) mass is 397 g/mol. The van der Waals surface area contributed by atoms with Gasteiger partial charge >= 0.3 is 0 Å². The first kappa shape index (κ1) is 20.8. The fraction of sp³-hybridized carbons (Fsp3) is 0.435. The number of nitrogens with zero attached hydrogens (tertiary/aromatic N) is 1. The van der Waals surface area contributed by atoms with E-state index in [0.717, 1.165) is 24.3 Å². The number of ether oxygens (including phenoxy) is 2. The van der Waals surface area contributed by atoms with E-state index >= 15 is 0 Å². The third-order valence-electron chi connectivity index (χ3n) is 5.47. The van der Waals surface area contributed by atoms with Gasteiger partial charge in [-0.25, -0.2) is 0 Å². The Balaban J connectivity index is 1.86. The zero-order valence-corrected chi connectivity index (χ0v) is 17.9. The number of benzene rings is 2. The predicted molar refractivity (Wildman–Crippen MR) is 118 cm³/mol. The van der Waals surface area contributed by atoms with Crippen molar-refractivity contribution in [1.29, 1.82) is 0 Å². The standard InChI is InChI=1S/C23H31N3O3/c1-14-8-15(2)13-26(12-14)20-11-19(18(24)9-16(20)3)25-23(27)17-6-7-21(28-4)22(10-17)29-5/h6-7,9-11,14-15H,8,12-13,24H2,1-5H3,(H,25,27)/t14-,15-/m1/s1. The van der Waals surface area contributed by atoms with E-state index in [4.69, 9.17) is 15.2 Å². The van der Waals surface area contributed by atoms with Crippen molar-refractivity contribution in [3.63, 3.8) is 0 Å². The molecule has 0 aliphatic carbocycles. The van der Waals surface area contributed by atoms with Gasteiger partial charge in [-0.3, -0.25) is 4.79 Å². The summed E-state index contributed by atoms with van der Waals surface area (Å²) in [5.74, 6) is 2.12. The van der Waals surface area contributed by atoms with Crippen LogP contribution in [-0.4, -0.2) is 33.2 Å². The largest absolute Gasteiger partial charge is 0.493 e. The van der Waals surface area contributed by atoms with Crippen LogP contribution in [-0.2, 0) is 0 Å². The van der Waals surface area contributed by atoms with Crippen LogP contribution in [0.1, 0.15) is 36.2 Å². The van der Waals surface area contributed by atoms with Crippen molar-refractivity contribution in [2.45, 2.75) is 27.2 Å². The molecule has 1 heterocycles. The summed E-state index contributed by atoms with van der Waals surface area (Å²) >= 11 is 0.